The Morgan fingerprint density at radius 3 is 2.83 bits per heavy atom. The summed E-state index contributed by atoms with van der Waals surface area (Å²) in [4.78, 5) is 8.68. The average Bonchev–Trinajstić information content (AvgIpc) is 2.89. The first-order chi connectivity index (χ1) is 8.78. The Labute approximate surface area is 108 Å². The standard InChI is InChI=1S/C13H21N5/c1-10-6-7-11(8-15-10)9-16-13(18-14)17-12-4-2-3-5-12/h6-8,12H,2-5,9,14H2,1H3,(H2,16,17,18). The van der Waals surface area contributed by atoms with Crippen LogP contribution in [0.5, 0.6) is 0 Å². The molecule has 2 rings (SSSR count). The van der Waals surface area contributed by atoms with Gasteiger partial charge in [0.25, 0.3) is 0 Å². The molecule has 1 aliphatic carbocycles. The van der Waals surface area contributed by atoms with Crippen molar-refractivity contribution < 1.29 is 0 Å². The fraction of sp³-hybridized carbons (Fsp3) is 0.538. The number of hydrogen-bond acceptors (Lipinski definition) is 3. The lowest BCUT2D eigenvalue weighted by atomic mass is 10.2. The number of hydrazine groups is 1. The minimum absolute atomic E-state index is 0.510. The normalized spacial score (nSPS) is 16.9. The number of nitrogens with one attached hydrogen (secondary N) is 2. The van der Waals surface area contributed by atoms with Crippen LogP contribution < -0.4 is 16.6 Å². The zero-order valence-electron chi connectivity index (χ0n) is 10.8. The number of nitrogens with zero attached hydrogens (tertiary/aromatic N) is 2. The van der Waals surface area contributed by atoms with Crippen LogP contribution in [0.3, 0.4) is 0 Å². The highest BCUT2D eigenvalue weighted by molar-refractivity contribution is 5.79. The van der Waals surface area contributed by atoms with Crippen LogP contribution in [0.1, 0.15) is 36.9 Å². The van der Waals surface area contributed by atoms with Crippen LogP contribution in [0, 0.1) is 6.92 Å². The van der Waals surface area contributed by atoms with Crippen molar-refractivity contribution in [2.45, 2.75) is 45.2 Å². The highest BCUT2D eigenvalue weighted by Crippen LogP contribution is 2.17. The zero-order valence-corrected chi connectivity index (χ0v) is 10.8. The van der Waals surface area contributed by atoms with Crippen LogP contribution >= 0.6 is 0 Å². The van der Waals surface area contributed by atoms with Crippen molar-refractivity contribution in [1.82, 2.24) is 15.7 Å². The average molecular weight is 247 g/mol. The van der Waals surface area contributed by atoms with Gasteiger partial charge in [-0.1, -0.05) is 18.9 Å². The molecule has 18 heavy (non-hydrogen) atoms. The molecule has 0 atom stereocenters. The Kier molecular flexibility index (Phi) is 4.52. The van der Waals surface area contributed by atoms with Crippen molar-refractivity contribution in [3.05, 3.63) is 29.6 Å². The molecule has 98 valence electrons. The maximum absolute atomic E-state index is 5.48. The van der Waals surface area contributed by atoms with Gasteiger partial charge in [-0.3, -0.25) is 10.4 Å². The molecule has 1 aliphatic rings. The summed E-state index contributed by atoms with van der Waals surface area (Å²) >= 11 is 0. The fourth-order valence-corrected chi connectivity index (χ4v) is 2.16. The van der Waals surface area contributed by atoms with Gasteiger partial charge >= 0.3 is 0 Å². The summed E-state index contributed by atoms with van der Waals surface area (Å²) in [6.07, 6.45) is 6.83. The first-order valence-electron chi connectivity index (χ1n) is 6.47. The summed E-state index contributed by atoms with van der Waals surface area (Å²) in [5, 5.41) is 3.34. The van der Waals surface area contributed by atoms with E-state index < -0.39 is 0 Å². The van der Waals surface area contributed by atoms with Gasteiger partial charge < -0.3 is 5.32 Å². The number of guanidine groups is 1. The third-order valence-electron chi connectivity index (χ3n) is 3.23. The quantitative estimate of drug-likeness (QED) is 0.325. The van der Waals surface area contributed by atoms with Crippen LogP contribution in [-0.2, 0) is 6.54 Å². The molecule has 4 N–H and O–H groups in total. The molecule has 1 aromatic rings. The molecule has 1 saturated carbocycles. The van der Waals surface area contributed by atoms with Crippen molar-refractivity contribution in [3.8, 4) is 0 Å². The second-order valence-electron chi connectivity index (χ2n) is 4.74. The fourth-order valence-electron chi connectivity index (χ4n) is 2.16. The Morgan fingerprint density at radius 1 is 1.44 bits per heavy atom. The number of hydrogen-bond donors (Lipinski definition) is 3. The van der Waals surface area contributed by atoms with Crippen LogP contribution in [0.4, 0.5) is 0 Å². The van der Waals surface area contributed by atoms with Crippen LogP contribution in [-0.4, -0.2) is 17.0 Å². The van der Waals surface area contributed by atoms with E-state index in [1.807, 2.05) is 25.3 Å². The first-order valence-corrected chi connectivity index (χ1v) is 6.47. The van der Waals surface area contributed by atoms with E-state index in [-0.39, 0.29) is 0 Å². The predicted molar refractivity (Wildman–Crippen MR) is 72.8 cm³/mol. The summed E-state index contributed by atoms with van der Waals surface area (Å²) in [5.74, 6) is 6.15. The molecule has 5 heteroatoms. The lowest BCUT2D eigenvalue weighted by Gasteiger charge is -2.14. The predicted octanol–water partition coefficient (Wildman–Crippen LogP) is 1.24. The Morgan fingerprint density at radius 2 is 2.22 bits per heavy atom. The first kappa shape index (κ1) is 12.8. The molecule has 0 unspecified atom stereocenters. The van der Waals surface area contributed by atoms with Crippen molar-refractivity contribution in [1.29, 1.82) is 0 Å². The number of nitrogens with two attached hydrogens (primary N) is 1. The maximum atomic E-state index is 5.48. The minimum atomic E-state index is 0.510. The second kappa shape index (κ2) is 6.35. The smallest absolute Gasteiger partial charge is 0.206 e. The van der Waals surface area contributed by atoms with Gasteiger partial charge in [-0.05, 0) is 31.4 Å². The summed E-state index contributed by atoms with van der Waals surface area (Å²) in [5.41, 5.74) is 4.73. The van der Waals surface area contributed by atoms with E-state index in [2.05, 4.69) is 20.7 Å². The lowest BCUT2D eigenvalue weighted by Crippen LogP contribution is -2.45. The van der Waals surface area contributed by atoms with Gasteiger partial charge in [-0.2, -0.15) is 0 Å². The number of pyridine rings is 1. The van der Waals surface area contributed by atoms with Gasteiger partial charge in [-0.15, -0.1) is 0 Å². The monoisotopic (exact) mass is 247 g/mol. The molecular weight excluding hydrogens is 226 g/mol. The van der Waals surface area contributed by atoms with Gasteiger partial charge in [0, 0.05) is 17.9 Å². The van der Waals surface area contributed by atoms with E-state index in [4.69, 9.17) is 5.84 Å². The molecular formula is C13H21N5. The largest absolute Gasteiger partial charge is 0.353 e. The molecule has 1 heterocycles. The number of aryl methyl sites for hydroxylation is 1. The molecule has 0 aliphatic heterocycles. The van der Waals surface area contributed by atoms with E-state index in [1.165, 1.54) is 25.7 Å². The van der Waals surface area contributed by atoms with E-state index >= 15 is 0 Å². The molecule has 0 bridgehead atoms. The van der Waals surface area contributed by atoms with Crippen molar-refractivity contribution >= 4 is 5.96 Å². The molecule has 0 saturated heterocycles. The van der Waals surface area contributed by atoms with Gasteiger partial charge in [0.1, 0.15) is 0 Å². The van der Waals surface area contributed by atoms with Gasteiger partial charge in [0.05, 0.1) is 6.54 Å². The molecule has 0 amide bonds. The maximum Gasteiger partial charge on any atom is 0.206 e. The van der Waals surface area contributed by atoms with Crippen molar-refractivity contribution in [2.75, 3.05) is 0 Å². The van der Waals surface area contributed by atoms with E-state index in [0.717, 1.165) is 11.3 Å². The Bertz CT molecular complexity index is 392. The number of rotatable bonds is 3. The highest BCUT2D eigenvalue weighted by atomic mass is 15.3. The van der Waals surface area contributed by atoms with Gasteiger partial charge in [0.2, 0.25) is 5.96 Å². The molecule has 0 spiro atoms. The van der Waals surface area contributed by atoms with E-state index in [1.54, 1.807) is 0 Å². The van der Waals surface area contributed by atoms with E-state index in [0.29, 0.717) is 18.5 Å². The van der Waals surface area contributed by atoms with Crippen molar-refractivity contribution in [3.63, 3.8) is 0 Å². The van der Waals surface area contributed by atoms with Crippen LogP contribution in [0.2, 0.25) is 0 Å². The van der Waals surface area contributed by atoms with Gasteiger partial charge in [0.15, 0.2) is 0 Å². The molecule has 1 aromatic heterocycles. The van der Waals surface area contributed by atoms with Crippen molar-refractivity contribution in [2.24, 2.45) is 10.8 Å². The summed E-state index contributed by atoms with van der Waals surface area (Å²) in [7, 11) is 0. The Hall–Kier alpha value is -1.62. The third-order valence-corrected chi connectivity index (χ3v) is 3.23. The topological polar surface area (TPSA) is 75.3 Å². The summed E-state index contributed by atoms with van der Waals surface area (Å²) in [6.45, 7) is 2.56. The second-order valence-corrected chi connectivity index (χ2v) is 4.74. The molecule has 1 fully saturated rings. The molecule has 0 aromatic carbocycles. The zero-order chi connectivity index (χ0) is 12.8. The summed E-state index contributed by atoms with van der Waals surface area (Å²) < 4.78 is 0. The Balaban J connectivity index is 1.90. The van der Waals surface area contributed by atoms with Crippen LogP contribution in [0.25, 0.3) is 0 Å². The van der Waals surface area contributed by atoms with Gasteiger partial charge in [-0.25, -0.2) is 10.8 Å². The SMILES string of the molecule is Cc1ccc(CN=C(NN)NC2CCCC2)cn1. The number of aromatic nitrogens is 1. The summed E-state index contributed by atoms with van der Waals surface area (Å²) in [6, 6.07) is 4.54. The lowest BCUT2D eigenvalue weighted by molar-refractivity contribution is 0.614. The molecule has 0 radical (unpaired) electrons. The minimum Gasteiger partial charge on any atom is -0.353 e. The van der Waals surface area contributed by atoms with Crippen LogP contribution in [0.15, 0.2) is 23.3 Å². The number of aliphatic imine (C=N–C) groups is 1. The molecule has 5 nitrogen and oxygen atoms in total. The highest BCUT2D eigenvalue weighted by Gasteiger charge is 2.15. The third kappa shape index (κ3) is 3.70. The van der Waals surface area contributed by atoms with E-state index in [9.17, 15) is 0 Å².